The van der Waals surface area contributed by atoms with Gasteiger partial charge < -0.3 is 16.0 Å². The first-order valence-corrected chi connectivity index (χ1v) is 8.35. The standard InChI is InChI=1S/C18H27N3O/c1-18(2)12-21(10-7-16(18)19)17(22)15-4-3-13-5-8-20-9-6-14(13)11-15/h3-4,11,16,20H,5-10,12,19H2,1-2H3. The first kappa shape index (κ1) is 15.5. The number of hydrogen-bond acceptors (Lipinski definition) is 3. The molecule has 3 N–H and O–H groups in total. The van der Waals surface area contributed by atoms with Crippen LogP contribution in [0.1, 0.15) is 41.8 Å². The van der Waals surface area contributed by atoms with E-state index in [1.54, 1.807) is 0 Å². The van der Waals surface area contributed by atoms with Crippen LogP contribution in [-0.2, 0) is 12.8 Å². The maximum atomic E-state index is 12.8. The first-order chi connectivity index (χ1) is 10.5. The molecule has 0 saturated carbocycles. The molecule has 1 saturated heterocycles. The number of amides is 1. The molecule has 22 heavy (non-hydrogen) atoms. The highest BCUT2D eigenvalue weighted by Gasteiger charge is 2.35. The van der Waals surface area contributed by atoms with Crippen LogP contribution >= 0.6 is 0 Å². The molecule has 0 spiro atoms. The summed E-state index contributed by atoms with van der Waals surface area (Å²) < 4.78 is 0. The number of benzene rings is 1. The molecule has 2 aliphatic heterocycles. The highest BCUT2D eigenvalue weighted by Crippen LogP contribution is 2.29. The molecule has 0 aromatic heterocycles. The summed E-state index contributed by atoms with van der Waals surface area (Å²) in [5.74, 6) is 0.153. The van der Waals surface area contributed by atoms with Crippen LogP contribution in [0.2, 0.25) is 0 Å². The van der Waals surface area contributed by atoms with Crippen molar-refractivity contribution in [2.75, 3.05) is 26.2 Å². The summed E-state index contributed by atoms with van der Waals surface area (Å²) in [4.78, 5) is 14.8. The van der Waals surface area contributed by atoms with E-state index < -0.39 is 0 Å². The summed E-state index contributed by atoms with van der Waals surface area (Å²) in [6.07, 6.45) is 2.94. The molecule has 0 radical (unpaired) electrons. The van der Waals surface area contributed by atoms with Crippen molar-refractivity contribution in [1.82, 2.24) is 10.2 Å². The molecule has 2 aliphatic rings. The van der Waals surface area contributed by atoms with Gasteiger partial charge in [-0.25, -0.2) is 0 Å². The number of nitrogens with two attached hydrogens (primary N) is 1. The highest BCUT2D eigenvalue weighted by molar-refractivity contribution is 5.94. The van der Waals surface area contributed by atoms with Gasteiger partial charge in [0.1, 0.15) is 0 Å². The van der Waals surface area contributed by atoms with Crippen molar-refractivity contribution >= 4 is 5.91 Å². The van der Waals surface area contributed by atoms with Gasteiger partial charge in [0.2, 0.25) is 0 Å². The molecule has 0 aliphatic carbocycles. The van der Waals surface area contributed by atoms with E-state index in [0.717, 1.165) is 51.0 Å². The fourth-order valence-corrected chi connectivity index (χ4v) is 3.54. The van der Waals surface area contributed by atoms with Gasteiger partial charge in [0.05, 0.1) is 0 Å². The zero-order valence-corrected chi connectivity index (χ0v) is 13.7. The third-order valence-corrected chi connectivity index (χ3v) is 5.19. The number of fused-ring (bicyclic) bond motifs is 1. The van der Waals surface area contributed by atoms with Gasteiger partial charge in [-0.3, -0.25) is 4.79 Å². The predicted octanol–water partition coefficient (Wildman–Crippen LogP) is 1.57. The summed E-state index contributed by atoms with van der Waals surface area (Å²) in [5, 5.41) is 3.41. The lowest BCUT2D eigenvalue weighted by Crippen LogP contribution is -2.54. The number of rotatable bonds is 1. The van der Waals surface area contributed by atoms with Gasteiger partial charge in [0.15, 0.2) is 0 Å². The molecule has 1 amide bonds. The van der Waals surface area contributed by atoms with Crippen LogP contribution < -0.4 is 11.1 Å². The van der Waals surface area contributed by atoms with Crippen molar-refractivity contribution in [1.29, 1.82) is 0 Å². The van der Waals surface area contributed by atoms with Crippen molar-refractivity contribution in [3.63, 3.8) is 0 Å². The fraction of sp³-hybridized carbons (Fsp3) is 0.611. The first-order valence-electron chi connectivity index (χ1n) is 8.35. The Labute approximate surface area is 133 Å². The molecule has 2 heterocycles. The average Bonchev–Trinajstić information content (AvgIpc) is 2.73. The van der Waals surface area contributed by atoms with E-state index in [4.69, 9.17) is 5.73 Å². The van der Waals surface area contributed by atoms with E-state index in [9.17, 15) is 4.79 Å². The van der Waals surface area contributed by atoms with Gasteiger partial charge in [0, 0.05) is 24.7 Å². The highest BCUT2D eigenvalue weighted by atomic mass is 16.2. The molecule has 4 nitrogen and oxygen atoms in total. The minimum atomic E-state index is -0.0104. The summed E-state index contributed by atoms with van der Waals surface area (Å²) in [7, 11) is 0. The number of nitrogens with zero attached hydrogens (tertiary/aromatic N) is 1. The van der Waals surface area contributed by atoms with Crippen LogP contribution in [0.25, 0.3) is 0 Å². The summed E-state index contributed by atoms with van der Waals surface area (Å²) in [6.45, 7) is 7.84. The van der Waals surface area contributed by atoms with E-state index in [2.05, 4.69) is 31.3 Å². The third-order valence-electron chi connectivity index (χ3n) is 5.19. The molecule has 3 rings (SSSR count). The van der Waals surface area contributed by atoms with E-state index in [1.807, 2.05) is 11.0 Å². The summed E-state index contributed by atoms with van der Waals surface area (Å²) in [5.41, 5.74) is 9.69. The molecule has 1 unspecified atom stereocenters. The van der Waals surface area contributed by atoms with Gasteiger partial charge in [0.25, 0.3) is 5.91 Å². The Bertz CT molecular complexity index is 567. The van der Waals surface area contributed by atoms with Gasteiger partial charge >= 0.3 is 0 Å². The SMILES string of the molecule is CC1(C)CN(C(=O)c2ccc3c(c2)CCNCC3)CCC1N. The van der Waals surface area contributed by atoms with Crippen LogP contribution in [0.5, 0.6) is 0 Å². The van der Waals surface area contributed by atoms with Crippen molar-refractivity contribution < 1.29 is 4.79 Å². The predicted molar refractivity (Wildman–Crippen MR) is 89.0 cm³/mol. The van der Waals surface area contributed by atoms with Gasteiger partial charge in [-0.2, -0.15) is 0 Å². The second-order valence-corrected chi connectivity index (χ2v) is 7.34. The molecular weight excluding hydrogens is 274 g/mol. The van der Waals surface area contributed by atoms with Crippen molar-refractivity contribution in [2.24, 2.45) is 11.1 Å². The fourth-order valence-electron chi connectivity index (χ4n) is 3.54. The summed E-state index contributed by atoms with van der Waals surface area (Å²) in [6, 6.07) is 6.41. The van der Waals surface area contributed by atoms with Crippen molar-refractivity contribution in [2.45, 2.75) is 39.2 Å². The number of piperidine rings is 1. The zero-order valence-electron chi connectivity index (χ0n) is 13.7. The topological polar surface area (TPSA) is 58.4 Å². The molecule has 4 heteroatoms. The zero-order chi connectivity index (χ0) is 15.7. The molecule has 1 atom stereocenters. The Morgan fingerprint density at radius 3 is 2.73 bits per heavy atom. The lowest BCUT2D eigenvalue weighted by atomic mass is 9.79. The number of carbonyl (C=O) groups excluding carboxylic acids is 1. The van der Waals surface area contributed by atoms with Crippen LogP contribution in [0.3, 0.4) is 0 Å². The quantitative estimate of drug-likeness (QED) is 0.828. The minimum absolute atomic E-state index is 0.0104. The molecule has 0 bridgehead atoms. The van der Waals surface area contributed by atoms with E-state index >= 15 is 0 Å². The molecule has 1 aromatic rings. The number of hydrogen-bond donors (Lipinski definition) is 2. The molecule has 1 fully saturated rings. The smallest absolute Gasteiger partial charge is 0.253 e. The number of nitrogens with one attached hydrogen (secondary N) is 1. The van der Waals surface area contributed by atoms with Gasteiger partial charge in [-0.15, -0.1) is 0 Å². The van der Waals surface area contributed by atoms with Crippen molar-refractivity contribution in [3.05, 3.63) is 34.9 Å². The second-order valence-electron chi connectivity index (χ2n) is 7.34. The van der Waals surface area contributed by atoms with Crippen LogP contribution in [-0.4, -0.2) is 43.0 Å². The van der Waals surface area contributed by atoms with E-state index in [0.29, 0.717) is 0 Å². The number of carbonyl (C=O) groups is 1. The van der Waals surface area contributed by atoms with E-state index in [1.165, 1.54) is 11.1 Å². The lowest BCUT2D eigenvalue weighted by Gasteiger charge is -2.42. The average molecular weight is 301 g/mol. The van der Waals surface area contributed by atoms with Crippen molar-refractivity contribution in [3.8, 4) is 0 Å². The maximum Gasteiger partial charge on any atom is 0.253 e. The number of likely N-dealkylation sites (tertiary alicyclic amines) is 1. The van der Waals surface area contributed by atoms with Crippen LogP contribution in [0.15, 0.2) is 18.2 Å². The molecule has 1 aromatic carbocycles. The largest absolute Gasteiger partial charge is 0.338 e. The normalized spacial score (nSPS) is 24.5. The lowest BCUT2D eigenvalue weighted by molar-refractivity contribution is 0.0533. The van der Waals surface area contributed by atoms with E-state index in [-0.39, 0.29) is 17.4 Å². The summed E-state index contributed by atoms with van der Waals surface area (Å²) >= 11 is 0. The Kier molecular flexibility index (Phi) is 4.24. The van der Waals surface area contributed by atoms with Gasteiger partial charge in [-0.05, 0) is 61.0 Å². The van der Waals surface area contributed by atoms with Crippen LogP contribution in [0.4, 0.5) is 0 Å². The Balaban J connectivity index is 1.79. The molecular formula is C18H27N3O. The van der Waals surface area contributed by atoms with Gasteiger partial charge in [-0.1, -0.05) is 19.9 Å². The Morgan fingerprint density at radius 1 is 1.27 bits per heavy atom. The Hall–Kier alpha value is -1.39. The Morgan fingerprint density at radius 2 is 2.00 bits per heavy atom. The third kappa shape index (κ3) is 3.03. The monoisotopic (exact) mass is 301 g/mol. The second kappa shape index (κ2) is 6.01. The minimum Gasteiger partial charge on any atom is -0.338 e. The maximum absolute atomic E-state index is 12.8. The molecule has 120 valence electrons. The van der Waals surface area contributed by atoms with Crippen LogP contribution in [0, 0.1) is 5.41 Å².